The van der Waals surface area contributed by atoms with E-state index < -0.39 is 0 Å². The van der Waals surface area contributed by atoms with E-state index in [9.17, 15) is 0 Å². The van der Waals surface area contributed by atoms with Crippen molar-refractivity contribution < 1.29 is 0 Å². The van der Waals surface area contributed by atoms with E-state index in [-0.39, 0.29) is 0 Å². The summed E-state index contributed by atoms with van der Waals surface area (Å²) >= 11 is 0. The minimum atomic E-state index is 0.528. The first kappa shape index (κ1) is 26.5. The van der Waals surface area contributed by atoms with Crippen molar-refractivity contribution in [3.8, 4) is 0 Å². The average molecular weight is 377 g/mol. The number of allylic oxidation sites excluding steroid dienone is 4. The molecule has 0 N–H and O–H groups in total. The van der Waals surface area contributed by atoms with Crippen LogP contribution in [0.4, 0.5) is 0 Å². The highest BCUT2D eigenvalue weighted by atomic mass is 14.1. The molecule has 0 aliphatic heterocycles. The van der Waals surface area contributed by atoms with Gasteiger partial charge in [-0.2, -0.15) is 0 Å². The van der Waals surface area contributed by atoms with Crippen molar-refractivity contribution in [3.63, 3.8) is 0 Å². The van der Waals surface area contributed by atoms with Gasteiger partial charge < -0.3 is 0 Å². The lowest BCUT2D eigenvalue weighted by Gasteiger charge is -2.17. The molecule has 0 aromatic carbocycles. The Kier molecular flexibility index (Phi) is 19.8. The Balaban J connectivity index is 3.15. The van der Waals surface area contributed by atoms with Crippen LogP contribution in [0.5, 0.6) is 0 Å². The fraction of sp³-hybridized carbons (Fsp3) is 0.852. The smallest absolute Gasteiger partial charge is 0.0169 e. The predicted octanol–water partition coefficient (Wildman–Crippen LogP) is 10.2. The maximum atomic E-state index is 2.38. The Morgan fingerprint density at radius 1 is 0.481 bits per heavy atom. The van der Waals surface area contributed by atoms with E-state index >= 15 is 0 Å². The molecule has 0 amide bonds. The quantitative estimate of drug-likeness (QED) is 0.155. The van der Waals surface area contributed by atoms with Crippen molar-refractivity contribution >= 4 is 0 Å². The summed E-state index contributed by atoms with van der Waals surface area (Å²) in [4.78, 5) is 0. The molecule has 0 aliphatic rings. The number of hydrogen-bond donors (Lipinski definition) is 0. The summed E-state index contributed by atoms with van der Waals surface area (Å²) in [6.45, 7) is 9.34. The highest BCUT2D eigenvalue weighted by Gasteiger charge is 2.08. The van der Waals surface area contributed by atoms with Gasteiger partial charge in [0.1, 0.15) is 0 Å². The fourth-order valence-corrected chi connectivity index (χ4v) is 3.53. The molecule has 0 heteroatoms. The first-order valence-corrected chi connectivity index (χ1v) is 12.4. The van der Waals surface area contributed by atoms with Gasteiger partial charge in [0.2, 0.25) is 0 Å². The summed E-state index contributed by atoms with van der Waals surface area (Å²) in [6.07, 6.45) is 34.4. The van der Waals surface area contributed by atoms with Crippen molar-refractivity contribution in [2.45, 2.75) is 143 Å². The second kappa shape index (κ2) is 20.2. The van der Waals surface area contributed by atoms with Gasteiger partial charge in [-0.3, -0.25) is 0 Å². The molecule has 0 nitrogen and oxygen atoms in total. The molecule has 0 radical (unpaired) electrons. The Bertz CT molecular complexity index is 328. The topological polar surface area (TPSA) is 0 Å². The molecule has 0 aromatic rings. The van der Waals surface area contributed by atoms with Gasteiger partial charge in [-0.15, -0.1) is 0 Å². The van der Waals surface area contributed by atoms with Gasteiger partial charge >= 0.3 is 0 Å². The van der Waals surface area contributed by atoms with Crippen LogP contribution in [0.2, 0.25) is 0 Å². The molecule has 0 aliphatic carbocycles. The second-order valence-electron chi connectivity index (χ2n) is 9.66. The third-order valence-electron chi connectivity index (χ3n) is 5.38. The zero-order valence-electron chi connectivity index (χ0n) is 19.5. The third kappa shape index (κ3) is 25.5. The number of hydrogen-bond acceptors (Lipinski definition) is 0. The number of rotatable bonds is 19. The Morgan fingerprint density at radius 2 is 0.889 bits per heavy atom. The average Bonchev–Trinajstić information content (AvgIpc) is 2.62. The highest BCUT2D eigenvalue weighted by Crippen LogP contribution is 2.22. The van der Waals surface area contributed by atoms with E-state index in [1.54, 1.807) is 0 Å². The molecule has 160 valence electrons. The van der Waals surface area contributed by atoms with Gasteiger partial charge in [0.15, 0.2) is 0 Å². The van der Waals surface area contributed by atoms with Gasteiger partial charge in [0.05, 0.1) is 0 Å². The van der Waals surface area contributed by atoms with Crippen LogP contribution in [0.3, 0.4) is 0 Å². The molecule has 0 aromatic heterocycles. The maximum absolute atomic E-state index is 2.38. The highest BCUT2D eigenvalue weighted by molar-refractivity contribution is 4.92. The van der Waals surface area contributed by atoms with Crippen LogP contribution in [-0.4, -0.2) is 0 Å². The minimum absolute atomic E-state index is 0.528. The first-order chi connectivity index (χ1) is 13.1. The van der Waals surface area contributed by atoms with Crippen LogP contribution < -0.4 is 0 Å². The van der Waals surface area contributed by atoms with Gasteiger partial charge in [-0.05, 0) is 43.9 Å². The molecule has 27 heavy (non-hydrogen) atoms. The fourth-order valence-electron chi connectivity index (χ4n) is 3.53. The lowest BCUT2D eigenvalue weighted by atomic mass is 9.89. The lowest BCUT2D eigenvalue weighted by molar-refractivity contribution is 0.356. The van der Waals surface area contributed by atoms with Gasteiger partial charge in [0.25, 0.3) is 0 Å². The molecule has 0 bridgehead atoms. The molecule has 0 unspecified atom stereocenters. The Morgan fingerprint density at radius 3 is 1.33 bits per heavy atom. The van der Waals surface area contributed by atoms with Crippen LogP contribution in [0.15, 0.2) is 24.3 Å². The van der Waals surface area contributed by atoms with Crippen LogP contribution in [-0.2, 0) is 0 Å². The predicted molar refractivity (Wildman–Crippen MR) is 127 cm³/mol. The summed E-state index contributed by atoms with van der Waals surface area (Å²) in [5.74, 6) is 0. The van der Waals surface area contributed by atoms with Crippen molar-refractivity contribution in [2.24, 2.45) is 5.41 Å². The zero-order valence-corrected chi connectivity index (χ0v) is 19.5. The first-order valence-electron chi connectivity index (χ1n) is 12.4. The lowest BCUT2D eigenvalue weighted by Crippen LogP contribution is -2.03. The molecule has 0 fully saturated rings. The van der Waals surface area contributed by atoms with E-state index in [1.165, 1.54) is 109 Å². The molecule has 0 spiro atoms. The molecule has 0 heterocycles. The van der Waals surface area contributed by atoms with Crippen molar-refractivity contribution in [1.82, 2.24) is 0 Å². The van der Waals surface area contributed by atoms with Gasteiger partial charge in [0, 0.05) is 0 Å². The Labute approximate surface area is 173 Å². The van der Waals surface area contributed by atoms with Crippen LogP contribution >= 0.6 is 0 Å². The van der Waals surface area contributed by atoms with Crippen LogP contribution in [0.25, 0.3) is 0 Å². The molecule has 0 saturated heterocycles. The van der Waals surface area contributed by atoms with E-state index in [0.29, 0.717) is 5.41 Å². The van der Waals surface area contributed by atoms with E-state index in [2.05, 4.69) is 52.0 Å². The summed E-state index contributed by atoms with van der Waals surface area (Å²) in [7, 11) is 0. The van der Waals surface area contributed by atoms with E-state index in [4.69, 9.17) is 0 Å². The van der Waals surface area contributed by atoms with Crippen LogP contribution in [0.1, 0.15) is 143 Å². The van der Waals surface area contributed by atoms with Gasteiger partial charge in [-0.1, -0.05) is 129 Å². The van der Waals surface area contributed by atoms with Crippen molar-refractivity contribution in [1.29, 1.82) is 0 Å². The van der Waals surface area contributed by atoms with Gasteiger partial charge in [-0.25, -0.2) is 0 Å². The van der Waals surface area contributed by atoms with Crippen LogP contribution in [0, 0.1) is 5.41 Å². The normalized spacial score (nSPS) is 12.6. The maximum Gasteiger partial charge on any atom is -0.0169 e. The largest absolute Gasteiger partial charge is 0.0882 e. The van der Waals surface area contributed by atoms with E-state index in [1.807, 2.05) is 0 Å². The summed E-state index contributed by atoms with van der Waals surface area (Å²) < 4.78 is 0. The third-order valence-corrected chi connectivity index (χ3v) is 5.38. The Hall–Kier alpha value is -0.520. The monoisotopic (exact) mass is 376 g/mol. The standard InChI is InChI=1S/C27H52/c1-5-6-7-8-9-10-11-12-13-14-15-16-17-18-19-20-21-22-23-24-25-26-27(2,3)4/h9-10,12-13H,5-8,11,14-26H2,1-4H3/b10-9-,13-12-. The van der Waals surface area contributed by atoms with Crippen molar-refractivity contribution in [2.75, 3.05) is 0 Å². The molecule has 0 atom stereocenters. The van der Waals surface area contributed by atoms with E-state index in [0.717, 1.165) is 6.42 Å². The molecular weight excluding hydrogens is 324 g/mol. The molecule has 0 saturated carbocycles. The molecular formula is C27H52. The van der Waals surface area contributed by atoms with Crippen molar-refractivity contribution in [3.05, 3.63) is 24.3 Å². The second-order valence-corrected chi connectivity index (χ2v) is 9.66. The SMILES string of the molecule is CCCCC/C=C\C/C=C\CCCCCCCCCCCCCC(C)(C)C. The summed E-state index contributed by atoms with van der Waals surface area (Å²) in [5, 5.41) is 0. The number of unbranched alkanes of at least 4 members (excludes halogenated alkanes) is 14. The molecule has 0 rings (SSSR count). The summed E-state index contributed by atoms with van der Waals surface area (Å²) in [5.41, 5.74) is 0.528. The summed E-state index contributed by atoms with van der Waals surface area (Å²) in [6, 6.07) is 0. The zero-order chi connectivity index (χ0) is 20.1. The minimum Gasteiger partial charge on any atom is -0.0882 e.